The summed E-state index contributed by atoms with van der Waals surface area (Å²) in [5.41, 5.74) is 1.99. The molecule has 0 aromatic heterocycles. The van der Waals surface area contributed by atoms with Crippen molar-refractivity contribution in [3.8, 4) is 0 Å². The number of rotatable bonds is 4. The molecular formula is C15H20BrN3O2. The highest BCUT2D eigenvalue weighted by Crippen LogP contribution is 2.32. The molecule has 1 saturated heterocycles. The number of hydrogen-bond acceptors (Lipinski definition) is 4. The van der Waals surface area contributed by atoms with Gasteiger partial charge in [0.2, 0.25) is 11.8 Å². The zero-order valence-electron chi connectivity index (χ0n) is 12.4. The minimum absolute atomic E-state index is 0.120. The van der Waals surface area contributed by atoms with Crippen LogP contribution in [0.3, 0.4) is 0 Å². The summed E-state index contributed by atoms with van der Waals surface area (Å²) in [6.45, 7) is 4.21. The lowest BCUT2D eigenvalue weighted by Crippen LogP contribution is -2.58. The molecule has 1 aromatic carbocycles. The molecule has 6 heteroatoms. The van der Waals surface area contributed by atoms with Crippen LogP contribution in [-0.4, -0.2) is 31.4 Å². The van der Waals surface area contributed by atoms with Crippen molar-refractivity contribution in [2.75, 3.05) is 18.5 Å². The first kappa shape index (κ1) is 16.0. The highest BCUT2D eigenvalue weighted by atomic mass is 79.9. The Hall–Kier alpha value is -1.40. The predicted molar refractivity (Wildman–Crippen MR) is 86.2 cm³/mol. The van der Waals surface area contributed by atoms with Gasteiger partial charge in [0.25, 0.3) is 0 Å². The SMILES string of the molecule is CCC1C(=O)NC(=O)CN1c1ccc(Br)cc1C(C)NC. The van der Waals surface area contributed by atoms with Gasteiger partial charge in [-0.15, -0.1) is 0 Å². The summed E-state index contributed by atoms with van der Waals surface area (Å²) in [6, 6.07) is 5.73. The van der Waals surface area contributed by atoms with E-state index in [0.29, 0.717) is 6.42 Å². The van der Waals surface area contributed by atoms with Gasteiger partial charge >= 0.3 is 0 Å². The van der Waals surface area contributed by atoms with Gasteiger partial charge in [-0.1, -0.05) is 22.9 Å². The first-order valence-corrected chi connectivity index (χ1v) is 7.84. The average Bonchev–Trinajstić information content (AvgIpc) is 2.45. The van der Waals surface area contributed by atoms with Crippen LogP contribution in [0.4, 0.5) is 5.69 Å². The van der Waals surface area contributed by atoms with Crippen molar-refractivity contribution in [2.45, 2.75) is 32.4 Å². The summed E-state index contributed by atoms with van der Waals surface area (Å²) in [7, 11) is 1.89. The Bertz CT molecular complexity index is 562. The summed E-state index contributed by atoms with van der Waals surface area (Å²) < 4.78 is 0.976. The molecule has 5 nitrogen and oxygen atoms in total. The summed E-state index contributed by atoms with van der Waals surface area (Å²) in [6.07, 6.45) is 0.655. The van der Waals surface area contributed by atoms with Gasteiger partial charge < -0.3 is 10.2 Å². The van der Waals surface area contributed by atoms with Gasteiger partial charge in [-0.3, -0.25) is 14.9 Å². The maximum atomic E-state index is 12.0. The van der Waals surface area contributed by atoms with Crippen LogP contribution in [0.5, 0.6) is 0 Å². The topological polar surface area (TPSA) is 61.4 Å². The van der Waals surface area contributed by atoms with Crippen LogP contribution in [-0.2, 0) is 9.59 Å². The lowest BCUT2D eigenvalue weighted by molar-refractivity contribution is -0.132. The Morgan fingerprint density at radius 3 is 2.81 bits per heavy atom. The maximum Gasteiger partial charge on any atom is 0.249 e. The second-order valence-electron chi connectivity index (χ2n) is 5.18. The molecule has 2 atom stereocenters. The smallest absolute Gasteiger partial charge is 0.249 e. The Balaban J connectivity index is 2.47. The Morgan fingerprint density at radius 2 is 2.19 bits per heavy atom. The van der Waals surface area contributed by atoms with Gasteiger partial charge in [0.05, 0.1) is 6.54 Å². The molecular weight excluding hydrogens is 334 g/mol. The molecule has 1 aromatic rings. The fourth-order valence-corrected chi connectivity index (χ4v) is 2.99. The molecule has 21 heavy (non-hydrogen) atoms. The highest BCUT2D eigenvalue weighted by molar-refractivity contribution is 9.10. The van der Waals surface area contributed by atoms with Gasteiger partial charge in [-0.25, -0.2) is 0 Å². The molecule has 2 unspecified atom stereocenters. The zero-order valence-corrected chi connectivity index (χ0v) is 14.0. The van der Waals surface area contributed by atoms with Crippen molar-refractivity contribution in [2.24, 2.45) is 0 Å². The van der Waals surface area contributed by atoms with Gasteiger partial charge in [-0.2, -0.15) is 0 Å². The van der Waals surface area contributed by atoms with E-state index in [2.05, 4.69) is 33.5 Å². The minimum atomic E-state index is -0.313. The highest BCUT2D eigenvalue weighted by Gasteiger charge is 2.33. The average molecular weight is 354 g/mol. The van der Waals surface area contributed by atoms with Crippen LogP contribution < -0.4 is 15.5 Å². The molecule has 1 fully saturated rings. The summed E-state index contributed by atoms with van der Waals surface area (Å²) >= 11 is 3.48. The number of benzene rings is 1. The van der Waals surface area contributed by atoms with E-state index in [0.717, 1.165) is 15.7 Å². The van der Waals surface area contributed by atoms with Crippen molar-refractivity contribution < 1.29 is 9.59 Å². The standard InChI is InChI=1S/C15H20BrN3O2/c1-4-12-15(21)18-14(20)8-19(12)13-6-5-10(16)7-11(13)9(2)17-3/h5-7,9,12,17H,4,8H2,1-3H3,(H,18,20,21). The summed E-state index contributed by atoms with van der Waals surface area (Å²) in [5, 5.41) is 5.62. The molecule has 0 radical (unpaired) electrons. The van der Waals surface area contributed by atoms with E-state index in [1.54, 1.807) is 0 Å². The molecule has 2 rings (SSSR count). The molecule has 1 heterocycles. The van der Waals surface area contributed by atoms with Crippen LogP contribution in [0.25, 0.3) is 0 Å². The largest absolute Gasteiger partial charge is 0.350 e. The van der Waals surface area contributed by atoms with Gasteiger partial charge in [0.1, 0.15) is 6.04 Å². The van der Waals surface area contributed by atoms with Crippen molar-refractivity contribution in [3.63, 3.8) is 0 Å². The fraction of sp³-hybridized carbons (Fsp3) is 0.467. The van der Waals surface area contributed by atoms with Gasteiger partial charge in [-0.05, 0) is 44.2 Å². The lowest BCUT2D eigenvalue weighted by atomic mass is 10.0. The van der Waals surface area contributed by atoms with Crippen molar-refractivity contribution in [3.05, 3.63) is 28.2 Å². The Morgan fingerprint density at radius 1 is 1.48 bits per heavy atom. The quantitative estimate of drug-likeness (QED) is 0.812. The Labute approximate surface area is 133 Å². The number of piperazine rings is 1. The van der Waals surface area contributed by atoms with E-state index in [9.17, 15) is 9.59 Å². The molecule has 1 aliphatic heterocycles. The summed E-state index contributed by atoms with van der Waals surface area (Å²) in [5.74, 6) is -0.476. The molecule has 114 valence electrons. The van der Waals surface area contributed by atoms with Crippen molar-refractivity contribution >= 4 is 33.4 Å². The molecule has 1 aliphatic rings. The molecule has 0 saturated carbocycles. The van der Waals surface area contributed by atoms with Crippen LogP contribution >= 0.6 is 15.9 Å². The van der Waals surface area contributed by atoms with E-state index in [4.69, 9.17) is 0 Å². The van der Waals surface area contributed by atoms with E-state index in [1.807, 2.05) is 37.1 Å². The van der Waals surface area contributed by atoms with Crippen molar-refractivity contribution in [1.82, 2.24) is 10.6 Å². The fourth-order valence-electron chi connectivity index (χ4n) is 2.61. The van der Waals surface area contributed by atoms with Gasteiger partial charge in [0.15, 0.2) is 0 Å². The number of imide groups is 1. The number of halogens is 1. The first-order chi connectivity index (χ1) is 9.97. The van der Waals surface area contributed by atoms with Crippen LogP contribution in [0.2, 0.25) is 0 Å². The maximum absolute atomic E-state index is 12.0. The van der Waals surface area contributed by atoms with Crippen LogP contribution in [0, 0.1) is 0 Å². The number of nitrogens with one attached hydrogen (secondary N) is 2. The second-order valence-corrected chi connectivity index (χ2v) is 6.09. The lowest BCUT2D eigenvalue weighted by Gasteiger charge is -2.37. The van der Waals surface area contributed by atoms with E-state index in [1.165, 1.54) is 0 Å². The third-order valence-electron chi connectivity index (χ3n) is 3.84. The number of amides is 2. The second kappa shape index (κ2) is 6.58. The Kier molecular flexibility index (Phi) is 5.00. The normalized spacial score (nSPS) is 20.4. The zero-order chi connectivity index (χ0) is 15.6. The number of hydrogen-bond donors (Lipinski definition) is 2. The molecule has 2 amide bonds. The monoisotopic (exact) mass is 353 g/mol. The van der Waals surface area contributed by atoms with Gasteiger partial charge in [0, 0.05) is 16.2 Å². The number of anilines is 1. The van der Waals surface area contributed by atoms with E-state index >= 15 is 0 Å². The number of nitrogens with zero attached hydrogens (tertiary/aromatic N) is 1. The summed E-state index contributed by atoms with van der Waals surface area (Å²) in [4.78, 5) is 25.7. The number of carbonyl (C=O) groups is 2. The third kappa shape index (κ3) is 3.27. The van der Waals surface area contributed by atoms with Crippen molar-refractivity contribution in [1.29, 1.82) is 0 Å². The molecule has 0 spiro atoms. The molecule has 2 N–H and O–H groups in total. The predicted octanol–water partition coefficient (Wildman–Crippen LogP) is 1.97. The molecule has 0 aliphatic carbocycles. The van der Waals surface area contributed by atoms with Crippen LogP contribution in [0.1, 0.15) is 31.9 Å². The molecule has 0 bridgehead atoms. The van der Waals surface area contributed by atoms with Crippen LogP contribution in [0.15, 0.2) is 22.7 Å². The van der Waals surface area contributed by atoms with E-state index in [-0.39, 0.29) is 30.4 Å². The third-order valence-corrected chi connectivity index (χ3v) is 4.33. The first-order valence-electron chi connectivity index (χ1n) is 7.05. The number of carbonyl (C=O) groups excluding carboxylic acids is 2. The van der Waals surface area contributed by atoms with E-state index < -0.39 is 0 Å². The minimum Gasteiger partial charge on any atom is -0.350 e.